The third-order valence-electron chi connectivity index (χ3n) is 1.92. The van der Waals surface area contributed by atoms with Gasteiger partial charge in [0.25, 0.3) is 0 Å². The fourth-order valence-electron chi connectivity index (χ4n) is 1.03. The molecule has 1 amide bonds. The van der Waals surface area contributed by atoms with Crippen LogP contribution < -0.4 is 5.73 Å². The Hall–Kier alpha value is -0.790. The monoisotopic (exact) mass is 154 g/mol. The largest absolute Gasteiger partial charge is 0.369 e. The molecule has 0 heterocycles. The second kappa shape index (κ2) is 4.16. The van der Waals surface area contributed by atoms with Crippen LogP contribution in [0.4, 0.5) is 0 Å². The summed E-state index contributed by atoms with van der Waals surface area (Å²) in [7, 11) is 0. The molecule has 2 N–H and O–H groups in total. The van der Waals surface area contributed by atoms with Crippen LogP contribution in [0, 0.1) is 12.3 Å². The van der Waals surface area contributed by atoms with Gasteiger partial charge in [0, 0.05) is 5.41 Å². The van der Waals surface area contributed by atoms with Crippen LogP contribution in [-0.4, -0.2) is 5.91 Å². The van der Waals surface area contributed by atoms with Gasteiger partial charge in [0.15, 0.2) is 0 Å². The second-order valence-electron chi connectivity index (χ2n) is 3.02. The molecule has 2 heteroatoms. The Morgan fingerprint density at radius 3 is 2.55 bits per heavy atom. The van der Waals surface area contributed by atoms with Gasteiger partial charge in [-0.1, -0.05) is 26.3 Å². The summed E-state index contributed by atoms with van der Waals surface area (Å²) < 4.78 is 0. The van der Waals surface area contributed by atoms with Crippen molar-refractivity contribution in [2.75, 3.05) is 0 Å². The Kier molecular flexibility index (Phi) is 3.86. The number of allylic oxidation sites excluding steroid dienone is 1. The zero-order chi connectivity index (χ0) is 8.91. The average molecular weight is 154 g/mol. The van der Waals surface area contributed by atoms with Crippen molar-refractivity contribution in [2.45, 2.75) is 26.2 Å². The quantitative estimate of drug-likeness (QED) is 0.601. The van der Waals surface area contributed by atoms with Gasteiger partial charge in [-0.25, -0.2) is 0 Å². The normalized spacial score (nSPS) is 15.5. The molecule has 0 aromatic carbocycles. The Labute approximate surface area is 68.5 Å². The van der Waals surface area contributed by atoms with E-state index in [1.165, 1.54) is 0 Å². The first-order valence-electron chi connectivity index (χ1n) is 3.77. The van der Waals surface area contributed by atoms with E-state index >= 15 is 0 Å². The van der Waals surface area contributed by atoms with Gasteiger partial charge in [0.05, 0.1) is 0 Å². The van der Waals surface area contributed by atoms with E-state index in [2.05, 4.69) is 13.5 Å². The van der Waals surface area contributed by atoms with Gasteiger partial charge < -0.3 is 5.73 Å². The molecule has 0 spiro atoms. The van der Waals surface area contributed by atoms with E-state index in [9.17, 15) is 4.79 Å². The lowest BCUT2D eigenvalue weighted by Crippen LogP contribution is -2.33. The average Bonchev–Trinajstić information content (AvgIpc) is 1.88. The maximum absolute atomic E-state index is 10.9. The van der Waals surface area contributed by atoms with E-state index in [0.29, 0.717) is 6.42 Å². The van der Waals surface area contributed by atoms with Crippen LogP contribution in [0.15, 0.2) is 12.7 Å². The fraction of sp³-hybridized carbons (Fsp3) is 0.556. The van der Waals surface area contributed by atoms with E-state index in [1.54, 1.807) is 6.08 Å². The molecule has 63 valence electrons. The van der Waals surface area contributed by atoms with Crippen LogP contribution in [-0.2, 0) is 4.79 Å². The lowest BCUT2D eigenvalue weighted by atomic mass is 9.82. The van der Waals surface area contributed by atoms with E-state index < -0.39 is 5.41 Å². The molecule has 11 heavy (non-hydrogen) atoms. The number of rotatable bonds is 5. The van der Waals surface area contributed by atoms with Crippen molar-refractivity contribution in [3.63, 3.8) is 0 Å². The molecule has 1 radical (unpaired) electrons. The van der Waals surface area contributed by atoms with Crippen molar-refractivity contribution in [1.82, 2.24) is 0 Å². The molecule has 0 saturated heterocycles. The molecular formula is C9H16NO. The van der Waals surface area contributed by atoms with Crippen molar-refractivity contribution in [2.24, 2.45) is 11.1 Å². The summed E-state index contributed by atoms with van der Waals surface area (Å²) in [5, 5.41) is 0. The first kappa shape index (κ1) is 10.2. The highest BCUT2D eigenvalue weighted by atomic mass is 16.1. The number of nitrogens with two attached hydrogens (primary N) is 1. The van der Waals surface area contributed by atoms with Crippen LogP contribution in [0.5, 0.6) is 0 Å². The molecule has 0 aliphatic heterocycles. The number of hydrogen-bond donors (Lipinski definition) is 1. The third-order valence-corrected chi connectivity index (χ3v) is 1.92. The molecular weight excluding hydrogens is 138 g/mol. The Balaban J connectivity index is 4.24. The molecule has 0 bridgehead atoms. The van der Waals surface area contributed by atoms with Crippen molar-refractivity contribution in [1.29, 1.82) is 0 Å². The maximum Gasteiger partial charge on any atom is 0.223 e. The van der Waals surface area contributed by atoms with Gasteiger partial charge in [-0.3, -0.25) is 4.79 Å². The molecule has 0 aliphatic rings. The Morgan fingerprint density at radius 2 is 2.27 bits per heavy atom. The smallest absolute Gasteiger partial charge is 0.223 e. The van der Waals surface area contributed by atoms with Gasteiger partial charge in [0.2, 0.25) is 5.91 Å². The Morgan fingerprint density at radius 1 is 1.73 bits per heavy atom. The topological polar surface area (TPSA) is 43.1 Å². The van der Waals surface area contributed by atoms with Crippen LogP contribution in [0.2, 0.25) is 0 Å². The highest BCUT2D eigenvalue weighted by molar-refractivity contribution is 5.80. The molecule has 1 atom stereocenters. The zero-order valence-corrected chi connectivity index (χ0v) is 7.10. The van der Waals surface area contributed by atoms with E-state index in [-0.39, 0.29) is 5.91 Å². The van der Waals surface area contributed by atoms with Gasteiger partial charge >= 0.3 is 0 Å². The summed E-state index contributed by atoms with van der Waals surface area (Å²) in [5.74, 6) is -0.263. The van der Waals surface area contributed by atoms with Gasteiger partial charge in [-0.2, -0.15) is 0 Å². The van der Waals surface area contributed by atoms with Crippen LogP contribution >= 0.6 is 0 Å². The summed E-state index contributed by atoms with van der Waals surface area (Å²) in [6, 6.07) is 0. The number of hydrogen-bond acceptors (Lipinski definition) is 1. The summed E-state index contributed by atoms with van der Waals surface area (Å²) in [6.07, 6.45) is 3.82. The van der Waals surface area contributed by atoms with E-state index in [1.807, 2.05) is 6.92 Å². The predicted molar refractivity (Wildman–Crippen MR) is 46.7 cm³/mol. The highest BCUT2D eigenvalue weighted by Gasteiger charge is 2.27. The fourth-order valence-corrected chi connectivity index (χ4v) is 1.03. The Bertz CT molecular complexity index is 154. The molecule has 1 unspecified atom stereocenters. The van der Waals surface area contributed by atoms with E-state index in [4.69, 9.17) is 5.73 Å². The van der Waals surface area contributed by atoms with Crippen molar-refractivity contribution >= 4 is 5.91 Å². The highest BCUT2D eigenvalue weighted by Crippen LogP contribution is 2.26. The predicted octanol–water partition coefficient (Wildman–Crippen LogP) is 1.67. The van der Waals surface area contributed by atoms with Gasteiger partial charge in [-0.05, 0) is 12.8 Å². The third kappa shape index (κ3) is 2.74. The standard InChI is InChI=1S/C9H16NO/c1-4-6-9(3,7-5-2)8(10)11/h4H,1-2,5-7H2,3H3,(H2,10,11). The molecule has 0 rings (SSSR count). The molecule has 2 nitrogen and oxygen atoms in total. The maximum atomic E-state index is 10.9. The minimum Gasteiger partial charge on any atom is -0.369 e. The summed E-state index contributed by atoms with van der Waals surface area (Å²) in [6.45, 7) is 9.12. The van der Waals surface area contributed by atoms with Crippen LogP contribution in [0.25, 0.3) is 0 Å². The van der Waals surface area contributed by atoms with Crippen molar-refractivity contribution in [3.05, 3.63) is 19.6 Å². The van der Waals surface area contributed by atoms with Gasteiger partial charge in [-0.15, -0.1) is 6.58 Å². The molecule has 0 aliphatic carbocycles. The lowest BCUT2D eigenvalue weighted by Gasteiger charge is -2.23. The summed E-state index contributed by atoms with van der Waals surface area (Å²) in [5.41, 5.74) is 4.79. The molecule has 0 saturated carbocycles. The second-order valence-corrected chi connectivity index (χ2v) is 3.02. The SMILES string of the molecule is [CH2]CCC(C)(CC=C)C(N)=O. The van der Waals surface area contributed by atoms with Crippen LogP contribution in [0.3, 0.4) is 0 Å². The summed E-state index contributed by atoms with van der Waals surface area (Å²) >= 11 is 0. The summed E-state index contributed by atoms with van der Waals surface area (Å²) in [4.78, 5) is 10.9. The number of carbonyl (C=O) groups excluding carboxylic acids is 1. The van der Waals surface area contributed by atoms with E-state index in [0.717, 1.165) is 12.8 Å². The van der Waals surface area contributed by atoms with Crippen LogP contribution in [0.1, 0.15) is 26.2 Å². The minimum absolute atomic E-state index is 0.263. The number of primary amides is 1. The molecule has 0 aromatic heterocycles. The molecule has 0 aromatic rings. The first-order chi connectivity index (χ1) is 5.06. The van der Waals surface area contributed by atoms with Gasteiger partial charge in [0.1, 0.15) is 0 Å². The molecule has 0 fully saturated rings. The number of amides is 1. The zero-order valence-electron chi connectivity index (χ0n) is 7.10. The van der Waals surface area contributed by atoms with Crippen molar-refractivity contribution < 1.29 is 4.79 Å². The van der Waals surface area contributed by atoms with Crippen molar-refractivity contribution in [3.8, 4) is 0 Å². The minimum atomic E-state index is -0.441. The first-order valence-corrected chi connectivity index (χ1v) is 3.77. The number of carbonyl (C=O) groups is 1. The lowest BCUT2D eigenvalue weighted by molar-refractivity contribution is -0.127.